The lowest BCUT2D eigenvalue weighted by Crippen LogP contribution is -2.48. The fourth-order valence-electron chi connectivity index (χ4n) is 2.96. The quantitative estimate of drug-likeness (QED) is 0.848. The van der Waals surface area contributed by atoms with E-state index in [1.165, 1.54) is 12.7 Å². The van der Waals surface area contributed by atoms with Gasteiger partial charge in [0.2, 0.25) is 0 Å². The van der Waals surface area contributed by atoms with Crippen molar-refractivity contribution in [1.82, 2.24) is 10.2 Å². The molecule has 2 atom stereocenters. The number of hydrogen-bond acceptors (Lipinski definition) is 5. The third-order valence-electron chi connectivity index (χ3n) is 4.21. The van der Waals surface area contributed by atoms with E-state index in [-0.39, 0.29) is 18.1 Å². The lowest BCUT2D eigenvalue weighted by Gasteiger charge is -2.38. The molecule has 2 unspecified atom stereocenters. The van der Waals surface area contributed by atoms with Crippen LogP contribution in [0.3, 0.4) is 0 Å². The number of nitrogens with one attached hydrogen (secondary N) is 1. The molecular weight excluding hydrogens is 320 g/mol. The summed E-state index contributed by atoms with van der Waals surface area (Å²) in [6.45, 7) is 8.36. The van der Waals surface area contributed by atoms with Crippen LogP contribution in [0.5, 0.6) is 0 Å². The van der Waals surface area contributed by atoms with Crippen LogP contribution >= 0.6 is 0 Å². The highest BCUT2D eigenvalue weighted by molar-refractivity contribution is 5.75. The van der Waals surface area contributed by atoms with Crippen molar-refractivity contribution < 1.29 is 19.1 Å². The first-order chi connectivity index (χ1) is 11.7. The SMILES string of the molecule is COC(=O)C(C)NCC1c2ccccc2CCN1C(=O)OC(C)(C)C. The van der Waals surface area contributed by atoms with Gasteiger partial charge < -0.3 is 14.8 Å². The Morgan fingerprint density at radius 1 is 1.32 bits per heavy atom. The molecule has 0 saturated carbocycles. The zero-order chi connectivity index (χ0) is 18.6. The molecule has 138 valence electrons. The summed E-state index contributed by atoms with van der Waals surface area (Å²) in [5.74, 6) is -0.326. The summed E-state index contributed by atoms with van der Waals surface area (Å²) in [5.41, 5.74) is 1.76. The van der Waals surface area contributed by atoms with Gasteiger partial charge in [-0.25, -0.2) is 4.79 Å². The van der Waals surface area contributed by atoms with Crippen molar-refractivity contribution in [1.29, 1.82) is 0 Å². The predicted molar refractivity (Wildman–Crippen MR) is 95.3 cm³/mol. The van der Waals surface area contributed by atoms with E-state index in [0.717, 1.165) is 12.0 Å². The van der Waals surface area contributed by atoms with Crippen LogP contribution in [0.2, 0.25) is 0 Å². The fourth-order valence-corrected chi connectivity index (χ4v) is 2.96. The van der Waals surface area contributed by atoms with Crippen molar-refractivity contribution in [3.8, 4) is 0 Å². The molecule has 1 aromatic carbocycles. The number of carbonyl (C=O) groups is 2. The van der Waals surface area contributed by atoms with Gasteiger partial charge in [-0.3, -0.25) is 9.69 Å². The summed E-state index contributed by atoms with van der Waals surface area (Å²) in [5, 5.41) is 3.17. The number of fused-ring (bicyclic) bond motifs is 1. The van der Waals surface area contributed by atoms with Gasteiger partial charge in [-0.2, -0.15) is 0 Å². The van der Waals surface area contributed by atoms with Crippen LogP contribution in [-0.2, 0) is 20.7 Å². The molecular formula is C19H28N2O4. The van der Waals surface area contributed by atoms with E-state index in [2.05, 4.69) is 11.4 Å². The number of methoxy groups -OCH3 is 1. The van der Waals surface area contributed by atoms with E-state index in [9.17, 15) is 9.59 Å². The number of ether oxygens (including phenoxy) is 2. The molecule has 0 bridgehead atoms. The van der Waals surface area contributed by atoms with Gasteiger partial charge >= 0.3 is 12.1 Å². The van der Waals surface area contributed by atoms with E-state index in [1.807, 2.05) is 39.0 Å². The molecule has 0 aliphatic carbocycles. The number of nitrogens with zero attached hydrogens (tertiary/aromatic N) is 1. The smallest absolute Gasteiger partial charge is 0.410 e. The Morgan fingerprint density at radius 2 is 2.00 bits per heavy atom. The summed E-state index contributed by atoms with van der Waals surface area (Å²) >= 11 is 0. The minimum Gasteiger partial charge on any atom is -0.468 e. The van der Waals surface area contributed by atoms with Crippen LogP contribution in [0.1, 0.15) is 44.9 Å². The van der Waals surface area contributed by atoms with Gasteiger partial charge in [0, 0.05) is 13.1 Å². The lowest BCUT2D eigenvalue weighted by molar-refractivity contribution is -0.142. The average Bonchev–Trinajstić information content (AvgIpc) is 2.56. The molecule has 25 heavy (non-hydrogen) atoms. The van der Waals surface area contributed by atoms with Gasteiger partial charge in [0.15, 0.2) is 0 Å². The van der Waals surface area contributed by atoms with Crippen molar-refractivity contribution >= 4 is 12.1 Å². The number of benzene rings is 1. The minimum atomic E-state index is -0.550. The number of hydrogen-bond donors (Lipinski definition) is 1. The maximum absolute atomic E-state index is 12.7. The van der Waals surface area contributed by atoms with E-state index >= 15 is 0 Å². The van der Waals surface area contributed by atoms with Gasteiger partial charge in [-0.05, 0) is 45.2 Å². The second kappa shape index (κ2) is 7.87. The molecule has 1 amide bonds. The second-order valence-electron chi connectivity index (χ2n) is 7.29. The maximum atomic E-state index is 12.7. The summed E-state index contributed by atoms with van der Waals surface area (Å²) in [6.07, 6.45) is 0.456. The van der Waals surface area contributed by atoms with Gasteiger partial charge in [-0.15, -0.1) is 0 Å². The van der Waals surface area contributed by atoms with Crippen LogP contribution in [0.25, 0.3) is 0 Å². The molecule has 0 saturated heterocycles. The Labute approximate surface area is 149 Å². The number of carbonyl (C=O) groups excluding carboxylic acids is 2. The first-order valence-electron chi connectivity index (χ1n) is 8.61. The zero-order valence-electron chi connectivity index (χ0n) is 15.7. The van der Waals surface area contributed by atoms with Crippen molar-refractivity contribution in [3.63, 3.8) is 0 Å². The topological polar surface area (TPSA) is 67.9 Å². The zero-order valence-corrected chi connectivity index (χ0v) is 15.7. The van der Waals surface area contributed by atoms with Crippen LogP contribution in [0.4, 0.5) is 4.79 Å². The van der Waals surface area contributed by atoms with Gasteiger partial charge in [0.05, 0.1) is 13.2 Å². The molecule has 1 aliphatic rings. The number of amides is 1. The van der Waals surface area contributed by atoms with E-state index in [0.29, 0.717) is 13.1 Å². The molecule has 6 heteroatoms. The third-order valence-corrected chi connectivity index (χ3v) is 4.21. The van der Waals surface area contributed by atoms with Crippen molar-refractivity contribution in [2.75, 3.05) is 20.2 Å². The highest BCUT2D eigenvalue weighted by Crippen LogP contribution is 2.30. The van der Waals surface area contributed by atoms with Crippen molar-refractivity contribution in [2.24, 2.45) is 0 Å². The first kappa shape index (κ1) is 19.2. The summed E-state index contributed by atoms with van der Waals surface area (Å²) in [4.78, 5) is 26.0. The largest absolute Gasteiger partial charge is 0.468 e. The summed E-state index contributed by atoms with van der Waals surface area (Å²) in [7, 11) is 1.36. The second-order valence-corrected chi connectivity index (χ2v) is 7.29. The Hall–Kier alpha value is -2.08. The summed E-state index contributed by atoms with van der Waals surface area (Å²) in [6, 6.07) is 7.45. The molecule has 0 radical (unpaired) electrons. The molecule has 0 spiro atoms. The molecule has 0 aromatic heterocycles. The summed E-state index contributed by atoms with van der Waals surface area (Å²) < 4.78 is 10.3. The molecule has 1 N–H and O–H groups in total. The Kier molecular flexibility index (Phi) is 6.06. The van der Waals surface area contributed by atoms with Crippen molar-refractivity contribution in [2.45, 2.75) is 51.8 Å². The van der Waals surface area contributed by atoms with Gasteiger partial charge in [-0.1, -0.05) is 24.3 Å². The normalized spacial score (nSPS) is 18.3. The van der Waals surface area contributed by atoms with Crippen LogP contribution < -0.4 is 5.32 Å². The monoisotopic (exact) mass is 348 g/mol. The Morgan fingerprint density at radius 3 is 2.64 bits per heavy atom. The molecule has 1 heterocycles. The van der Waals surface area contributed by atoms with E-state index in [4.69, 9.17) is 9.47 Å². The van der Waals surface area contributed by atoms with E-state index in [1.54, 1.807) is 11.8 Å². The van der Waals surface area contributed by atoms with Crippen LogP contribution in [0, 0.1) is 0 Å². The molecule has 6 nitrogen and oxygen atoms in total. The maximum Gasteiger partial charge on any atom is 0.410 e. The van der Waals surface area contributed by atoms with Crippen LogP contribution in [-0.4, -0.2) is 48.8 Å². The molecule has 1 aliphatic heterocycles. The predicted octanol–water partition coefficient (Wildman–Crippen LogP) is 2.67. The van der Waals surface area contributed by atoms with Gasteiger partial charge in [0.1, 0.15) is 11.6 Å². The lowest BCUT2D eigenvalue weighted by atomic mass is 9.92. The Bertz CT molecular complexity index is 624. The number of rotatable bonds is 4. The first-order valence-corrected chi connectivity index (χ1v) is 8.61. The van der Waals surface area contributed by atoms with E-state index < -0.39 is 11.6 Å². The van der Waals surface area contributed by atoms with Crippen LogP contribution in [0.15, 0.2) is 24.3 Å². The fraction of sp³-hybridized carbons (Fsp3) is 0.579. The van der Waals surface area contributed by atoms with Crippen molar-refractivity contribution in [3.05, 3.63) is 35.4 Å². The molecule has 0 fully saturated rings. The molecule has 2 rings (SSSR count). The minimum absolute atomic E-state index is 0.188. The number of esters is 1. The third kappa shape index (κ3) is 4.95. The average molecular weight is 348 g/mol. The highest BCUT2D eigenvalue weighted by atomic mass is 16.6. The standard InChI is InChI=1S/C19H28N2O4/c1-13(17(22)24-5)20-12-16-15-9-7-6-8-14(15)10-11-21(16)18(23)25-19(2,3)4/h6-9,13,16,20H,10-12H2,1-5H3. The Balaban J connectivity index is 2.20. The highest BCUT2D eigenvalue weighted by Gasteiger charge is 2.33. The van der Waals surface area contributed by atoms with Gasteiger partial charge in [0.25, 0.3) is 0 Å². The molecule has 1 aromatic rings.